The van der Waals surface area contributed by atoms with Crippen molar-refractivity contribution in [3.05, 3.63) is 74.1 Å². The Bertz CT molecular complexity index is 1030. The molecule has 0 aliphatic carbocycles. The number of aryl methyl sites for hydroxylation is 1. The Labute approximate surface area is 129 Å². The monoisotopic (exact) mass is 311 g/mol. The van der Waals surface area contributed by atoms with Crippen LogP contribution in [-0.2, 0) is 6.54 Å². The minimum absolute atomic E-state index is 0.115. The fraction of sp³-hybridized carbons (Fsp3) is 0.125. The topological polar surface area (TPSA) is 105 Å². The van der Waals surface area contributed by atoms with Crippen molar-refractivity contribution in [2.24, 2.45) is 0 Å². The zero-order valence-corrected chi connectivity index (χ0v) is 12.2. The molecular formula is C16H13N3O4. The average Bonchev–Trinajstić information content (AvgIpc) is 2.52. The molecule has 0 saturated heterocycles. The summed E-state index contributed by atoms with van der Waals surface area (Å²) >= 11 is 0. The van der Waals surface area contributed by atoms with Gasteiger partial charge in [-0.25, -0.2) is 14.6 Å². The van der Waals surface area contributed by atoms with Crippen molar-refractivity contribution in [3.8, 4) is 0 Å². The summed E-state index contributed by atoms with van der Waals surface area (Å²) in [5, 5.41) is 9.49. The number of benzene rings is 1. The maximum atomic E-state index is 12.1. The standard InChI is InChI=1S/C16H13N3O4/c1-9-4-5-10(7-12(9)15(21)22)8-19-13-11(3-2-6-17-13)14(20)18-16(19)23/h2-7H,8H2,1H3,(H,21,22)(H,18,20,23). The Hall–Kier alpha value is -3.22. The van der Waals surface area contributed by atoms with Crippen LogP contribution in [0.3, 0.4) is 0 Å². The Kier molecular flexibility index (Phi) is 3.53. The Balaban J connectivity index is 2.16. The van der Waals surface area contributed by atoms with Crippen molar-refractivity contribution in [3.63, 3.8) is 0 Å². The highest BCUT2D eigenvalue weighted by atomic mass is 16.4. The van der Waals surface area contributed by atoms with E-state index < -0.39 is 17.2 Å². The molecule has 7 heteroatoms. The zero-order valence-electron chi connectivity index (χ0n) is 12.2. The molecule has 0 saturated carbocycles. The van der Waals surface area contributed by atoms with Gasteiger partial charge in [-0.2, -0.15) is 0 Å². The summed E-state index contributed by atoms with van der Waals surface area (Å²) in [5.74, 6) is -1.03. The summed E-state index contributed by atoms with van der Waals surface area (Å²) in [6.07, 6.45) is 1.50. The molecule has 2 aromatic heterocycles. The number of aromatic carboxylic acids is 1. The lowest BCUT2D eigenvalue weighted by Gasteiger charge is -2.10. The van der Waals surface area contributed by atoms with E-state index in [1.807, 2.05) is 0 Å². The highest BCUT2D eigenvalue weighted by Gasteiger charge is 2.11. The minimum Gasteiger partial charge on any atom is -0.478 e. The van der Waals surface area contributed by atoms with Crippen molar-refractivity contribution in [2.45, 2.75) is 13.5 Å². The summed E-state index contributed by atoms with van der Waals surface area (Å²) < 4.78 is 1.31. The molecule has 3 aromatic rings. The van der Waals surface area contributed by atoms with Crippen molar-refractivity contribution < 1.29 is 9.90 Å². The third-order valence-corrected chi connectivity index (χ3v) is 3.63. The third-order valence-electron chi connectivity index (χ3n) is 3.63. The van der Waals surface area contributed by atoms with Crippen LogP contribution < -0.4 is 11.2 Å². The van der Waals surface area contributed by atoms with Gasteiger partial charge >= 0.3 is 11.7 Å². The van der Waals surface area contributed by atoms with Crippen LogP contribution in [0.5, 0.6) is 0 Å². The first kappa shape index (κ1) is 14.7. The average molecular weight is 311 g/mol. The molecule has 2 N–H and O–H groups in total. The molecule has 2 heterocycles. The lowest BCUT2D eigenvalue weighted by Crippen LogP contribution is -2.31. The molecule has 0 spiro atoms. The second-order valence-electron chi connectivity index (χ2n) is 5.17. The first-order chi connectivity index (χ1) is 11.0. The number of aromatic nitrogens is 3. The summed E-state index contributed by atoms with van der Waals surface area (Å²) in [6.45, 7) is 1.82. The number of H-pyrrole nitrogens is 1. The van der Waals surface area contributed by atoms with Crippen LogP contribution in [0.1, 0.15) is 21.5 Å². The number of rotatable bonds is 3. The molecule has 23 heavy (non-hydrogen) atoms. The number of carbonyl (C=O) groups is 1. The summed E-state index contributed by atoms with van der Waals surface area (Å²) in [4.78, 5) is 41.5. The van der Waals surface area contributed by atoms with Gasteiger partial charge in [-0.1, -0.05) is 12.1 Å². The molecule has 3 rings (SSSR count). The van der Waals surface area contributed by atoms with Crippen LogP contribution >= 0.6 is 0 Å². The van der Waals surface area contributed by atoms with E-state index in [4.69, 9.17) is 0 Å². The number of nitrogens with one attached hydrogen (secondary N) is 1. The zero-order chi connectivity index (χ0) is 16.6. The van der Waals surface area contributed by atoms with Gasteiger partial charge in [0, 0.05) is 6.20 Å². The highest BCUT2D eigenvalue weighted by molar-refractivity contribution is 5.89. The molecule has 1 aromatic carbocycles. The van der Waals surface area contributed by atoms with Crippen LogP contribution in [0.25, 0.3) is 11.0 Å². The number of nitrogens with zero attached hydrogens (tertiary/aromatic N) is 2. The van der Waals surface area contributed by atoms with E-state index in [-0.39, 0.29) is 17.8 Å². The molecule has 0 aliphatic heterocycles. The van der Waals surface area contributed by atoms with Gasteiger partial charge in [-0.15, -0.1) is 0 Å². The summed E-state index contributed by atoms with van der Waals surface area (Å²) in [7, 11) is 0. The van der Waals surface area contributed by atoms with E-state index in [2.05, 4.69) is 9.97 Å². The van der Waals surface area contributed by atoms with E-state index in [1.54, 1.807) is 31.2 Å². The Morgan fingerprint density at radius 1 is 1.30 bits per heavy atom. The van der Waals surface area contributed by atoms with Gasteiger partial charge < -0.3 is 5.11 Å². The second kappa shape index (κ2) is 5.53. The van der Waals surface area contributed by atoms with Gasteiger partial charge in [0.1, 0.15) is 5.65 Å². The molecule has 0 radical (unpaired) electrons. The maximum Gasteiger partial charge on any atom is 0.335 e. The number of pyridine rings is 1. The molecule has 0 fully saturated rings. The summed E-state index contributed by atoms with van der Waals surface area (Å²) in [5.41, 5.74) is 0.631. The quantitative estimate of drug-likeness (QED) is 0.754. The van der Waals surface area contributed by atoms with E-state index in [1.165, 1.54) is 16.8 Å². The molecule has 0 amide bonds. The molecule has 7 nitrogen and oxygen atoms in total. The number of hydrogen-bond donors (Lipinski definition) is 2. The largest absolute Gasteiger partial charge is 0.478 e. The SMILES string of the molecule is Cc1ccc(Cn2c(=O)[nH]c(=O)c3cccnc32)cc1C(=O)O. The van der Waals surface area contributed by atoms with Crippen LogP contribution in [0, 0.1) is 6.92 Å². The lowest BCUT2D eigenvalue weighted by atomic mass is 10.1. The molecule has 0 atom stereocenters. The molecule has 0 aliphatic rings. The van der Waals surface area contributed by atoms with Crippen molar-refractivity contribution >= 4 is 17.0 Å². The predicted octanol–water partition coefficient (Wildman–Crippen LogP) is 1.14. The van der Waals surface area contributed by atoms with Crippen molar-refractivity contribution in [1.29, 1.82) is 0 Å². The van der Waals surface area contributed by atoms with E-state index in [0.717, 1.165) is 0 Å². The van der Waals surface area contributed by atoms with Crippen LogP contribution in [0.15, 0.2) is 46.1 Å². The van der Waals surface area contributed by atoms with Gasteiger partial charge in [0.2, 0.25) is 0 Å². The van der Waals surface area contributed by atoms with Gasteiger partial charge in [0.25, 0.3) is 5.56 Å². The normalized spacial score (nSPS) is 10.8. The van der Waals surface area contributed by atoms with Crippen LogP contribution in [0.4, 0.5) is 0 Å². The van der Waals surface area contributed by atoms with Crippen molar-refractivity contribution in [1.82, 2.24) is 14.5 Å². The molecule has 0 bridgehead atoms. The Morgan fingerprint density at radius 3 is 2.83 bits per heavy atom. The number of fused-ring (bicyclic) bond motifs is 1. The van der Waals surface area contributed by atoms with Crippen molar-refractivity contribution in [2.75, 3.05) is 0 Å². The van der Waals surface area contributed by atoms with E-state index in [0.29, 0.717) is 16.5 Å². The minimum atomic E-state index is -1.03. The number of aromatic amines is 1. The number of carboxylic acid groups (broad SMARTS) is 1. The van der Waals surface area contributed by atoms with Crippen LogP contribution in [-0.4, -0.2) is 25.6 Å². The summed E-state index contributed by atoms with van der Waals surface area (Å²) in [6, 6.07) is 8.14. The number of carboxylic acids is 1. The molecule has 0 unspecified atom stereocenters. The van der Waals surface area contributed by atoms with Crippen LogP contribution in [0.2, 0.25) is 0 Å². The van der Waals surface area contributed by atoms with Gasteiger partial charge in [-0.3, -0.25) is 14.3 Å². The van der Waals surface area contributed by atoms with Gasteiger partial charge in [-0.05, 0) is 36.2 Å². The first-order valence-corrected chi connectivity index (χ1v) is 6.88. The fourth-order valence-corrected chi connectivity index (χ4v) is 2.44. The maximum absolute atomic E-state index is 12.1. The first-order valence-electron chi connectivity index (χ1n) is 6.88. The fourth-order valence-electron chi connectivity index (χ4n) is 2.44. The van der Waals surface area contributed by atoms with E-state index >= 15 is 0 Å². The third kappa shape index (κ3) is 2.64. The smallest absolute Gasteiger partial charge is 0.335 e. The lowest BCUT2D eigenvalue weighted by molar-refractivity contribution is 0.0696. The molecule has 116 valence electrons. The molecular weight excluding hydrogens is 298 g/mol. The van der Waals surface area contributed by atoms with Gasteiger partial charge in [0.05, 0.1) is 17.5 Å². The predicted molar refractivity (Wildman–Crippen MR) is 83.9 cm³/mol. The highest BCUT2D eigenvalue weighted by Crippen LogP contribution is 2.13. The Morgan fingerprint density at radius 2 is 2.09 bits per heavy atom. The second-order valence-corrected chi connectivity index (χ2v) is 5.17. The number of hydrogen-bond acceptors (Lipinski definition) is 4. The van der Waals surface area contributed by atoms with E-state index in [9.17, 15) is 19.5 Å². The van der Waals surface area contributed by atoms with Gasteiger partial charge in [0.15, 0.2) is 0 Å².